The van der Waals surface area contributed by atoms with Crippen molar-refractivity contribution in [3.05, 3.63) is 59.4 Å². The molecule has 0 radical (unpaired) electrons. The Balaban J connectivity index is 1.85. The van der Waals surface area contributed by atoms with Crippen LogP contribution in [0, 0.1) is 0 Å². The summed E-state index contributed by atoms with van der Waals surface area (Å²) in [7, 11) is 0. The largest absolute Gasteiger partial charge is 0.298 e. The lowest BCUT2D eigenvalue weighted by molar-refractivity contribution is -0.116. The van der Waals surface area contributed by atoms with Crippen LogP contribution >= 0.6 is 23.4 Å². The minimum atomic E-state index is 0.188. The first-order valence-electron chi connectivity index (χ1n) is 5.53. The molecule has 0 bridgehead atoms. The third-order valence-electron chi connectivity index (χ3n) is 2.32. The molecule has 18 heavy (non-hydrogen) atoms. The van der Waals surface area contributed by atoms with Gasteiger partial charge in [-0.2, -0.15) is 0 Å². The SMILES string of the molecule is O=C(CSc1cccc(Cl)c1)Cc1cccnc1. The minimum Gasteiger partial charge on any atom is -0.298 e. The first kappa shape index (κ1) is 13.1. The van der Waals surface area contributed by atoms with Crippen LogP contribution in [0.15, 0.2) is 53.7 Å². The number of nitrogens with zero attached hydrogens (tertiary/aromatic N) is 1. The van der Waals surface area contributed by atoms with Crippen LogP contribution < -0.4 is 0 Å². The Bertz CT molecular complexity index is 530. The number of carbonyl (C=O) groups is 1. The summed E-state index contributed by atoms with van der Waals surface area (Å²) in [6.07, 6.45) is 3.86. The third kappa shape index (κ3) is 4.17. The van der Waals surface area contributed by atoms with Gasteiger partial charge < -0.3 is 0 Å². The predicted molar refractivity (Wildman–Crippen MR) is 75.1 cm³/mol. The predicted octanol–water partition coefficient (Wildman–Crippen LogP) is 3.64. The van der Waals surface area contributed by atoms with Gasteiger partial charge in [0.25, 0.3) is 0 Å². The molecule has 0 atom stereocenters. The number of benzene rings is 1. The van der Waals surface area contributed by atoms with Gasteiger partial charge in [0.05, 0.1) is 5.75 Å². The monoisotopic (exact) mass is 277 g/mol. The molecule has 4 heteroatoms. The summed E-state index contributed by atoms with van der Waals surface area (Å²) >= 11 is 7.39. The normalized spacial score (nSPS) is 10.3. The summed E-state index contributed by atoms with van der Waals surface area (Å²) in [6.45, 7) is 0. The number of hydrogen-bond acceptors (Lipinski definition) is 3. The van der Waals surface area contributed by atoms with Crippen LogP contribution in [0.2, 0.25) is 5.02 Å². The van der Waals surface area contributed by atoms with Crippen molar-refractivity contribution in [1.82, 2.24) is 4.98 Å². The molecule has 2 nitrogen and oxygen atoms in total. The van der Waals surface area contributed by atoms with Crippen LogP contribution in [-0.4, -0.2) is 16.5 Å². The van der Waals surface area contributed by atoms with E-state index in [9.17, 15) is 4.79 Å². The standard InChI is InChI=1S/C14H12ClNOS/c15-12-4-1-5-14(8-12)18-10-13(17)7-11-3-2-6-16-9-11/h1-6,8-9H,7,10H2. The Labute approximate surface area is 115 Å². The second-order valence-corrected chi connectivity index (χ2v) is 5.31. The van der Waals surface area contributed by atoms with Crippen molar-refractivity contribution in [3.8, 4) is 0 Å². The van der Waals surface area contributed by atoms with Crippen molar-refractivity contribution in [2.75, 3.05) is 5.75 Å². The Morgan fingerprint density at radius 3 is 2.89 bits per heavy atom. The summed E-state index contributed by atoms with van der Waals surface area (Å²) in [5, 5.41) is 0.694. The van der Waals surface area contributed by atoms with Crippen molar-refractivity contribution in [2.45, 2.75) is 11.3 Å². The molecular weight excluding hydrogens is 266 g/mol. The maximum absolute atomic E-state index is 11.8. The van der Waals surface area contributed by atoms with Gasteiger partial charge in [0.1, 0.15) is 5.78 Å². The minimum absolute atomic E-state index is 0.188. The smallest absolute Gasteiger partial charge is 0.147 e. The van der Waals surface area contributed by atoms with Gasteiger partial charge in [0.2, 0.25) is 0 Å². The molecule has 0 aliphatic rings. The molecule has 0 fully saturated rings. The van der Waals surface area contributed by atoms with Gasteiger partial charge in [-0.25, -0.2) is 0 Å². The van der Waals surface area contributed by atoms with E-state index >= 15 is 0 Å². The zero-order valence-electron chi connectivity index (χ0n) is 9.67. The van der Waals surface area contributed by atoms with Crippen molar-refractivity contribution in [3.63, 3.8) is 0 Å². The van der Waals surface area contributed by atoms with Crippen molar-refractivity contribution >= 4 is 29.1 Å². The maximum Gasteiger partial charge on any atom is 0.147 e. The van der Waals surface area contributed by atoms with E-state index in [2.05, 4.69) is 4.98 Å². The molecule has 0 aliphatic carbocycles. The molecule has 0 aliphatic heterocycles. The quantitative estimate of drug-likeness (QED) is 0.782. The molecule has 0 N–H and O–H groups in total. The Morgan fingerprint density at radius 1 is 1.28 bits per heavy atom. The highest BCUT2D eigenvalue weighted by Crippen LogP contribution is 2.21. The third-order valence-corrected chi connectivity index (χ3v) is 3.61. The number of halogens is 1. The number of pyridine rings is 1. The van der Waals surface area contributed by atoms with E-state index in [-0.39, 0.29) is 5.78 Å². The number of thioether (sulfide) groups is 1. The molecule has 0 saturated carbocycles. The van der Waals surface area contributed by atoms with E-state index in [1.165, 1.54) is 11.8 Å². The van der Waals surface area contributed by atoms with Crippen LogP contribution in [0.5, 0.6) is 0 Å². The number of rotatable bonds is 5. The molecule has 0 spiro atoms. The number of hydrogen-bond donors (Lipinski definition) is 0. The summed E-state index contributed by atoms with van der Waals surface area (Å²) in [4.78, 5) is 16.8. The molecule has 2 rings (SSSR count). The first-order chi connectivity index (χ1) is 8.74. The van der Waals surface area contributed by atoms with E-state index < -0.39 is 0 Å². The molecule has 1 aromatic carbocycles. The number of aromatic nitrogens is 1. The molecule has 1 heterocycles. The van der Waals surface area contributed by atoms with E-state index in [1.54, 1.807) is 12.4 Å². The van der Waals surface area contributed by atoms with E-state index in [1.807, 2.05) is 36.4 Å². The zero-order chi connectivity index (χ0) is 12.8. The highest BCUT2D eigenvalue weighted by atomic mass is 35.5. The van der Waals surface area contributed by atoms with Crippen molar-refractivity contribution in [1.29, 1.82) is 0 Å². The van der Waals surface area contributed by atoms with Crippen LogP contribution in [0.4, 0.5) is 0 Å². The molecule has 1 aromatic heterocycles. The fourth-order valence-corrected chi connectivity index (χ4v) is 2.57. The lowest BCUT2D eigenvalue weighted by atomic mass is 10.2. The molecule has 2 aromatic rings. The van der Waals surface area contributed by atoms with Gasteiger partial charge in [-0.1, -0.05) is 23.7 Å². The Kier molecular flexibility index (Phi) is 4.79. The highest BCUT2D eigenvalue weighted by Gasteiger charge is 2.05. The second-order valence-electron chi connectivity index (χ2n) is 3.82. The van der Waals surface area contributed by atoms with Gasteiger partial charge in [-0.15, -0.1) is 11.8 Å². The molecule has 92 valence electrons. The van der Waals surface area contributed by atoms with Gasteiger partial charge >= 0.3 is 0 Å². The van der Waals surface area contributed by atoms with E-state index in [0.717, 1.165) is 10.5 Å². The topological polar surface area (TPSA) is 30.0 Å². The average Bonchev–Trinajstić information content (AvgIpc) is 2.38. The van der Waals surface area contributed by atoms with Gasteiger partial charge in [-0.3, -0.25) is 9.78 Å². The Hall–Kier alpha value is -1.32. The number of carbonyl (C=O) groups excluding carboxylic acids is 1. The number of ketones is 1. The lowest BCUT2D eigenvalue weighted by Crippen LogP contribution is -2.05. The molecule has 0 saturated heterocycles. The van der Waals surface area contributed by atoms with E-state index in [4.69, 9.17) is 11.6 Å². The lowest BCUT2D eigenvalue weighted by Gasteiger charge is -2.02. The summed E-state index contributed by atoms with van der Waals surface area (Å²) in [5.41, 5.74) is 0.953. The van der Waals surface area contributed by atoms with Gasteiger partial charge in [-0.05, 0) is 29.8 Å². The molecule has 0 unspecified atom stereocenters. The van der Waals surface area contributed by atoms with Crippen LogP contribution in [0.1, 0.15) is 5.56 Å². The zero-order valence-corrected chi connectivity index (χ0v) is 11.2. The van der Waals surface area contributed by atoms with Crippen molar-refractivity contribution < 1.29 is 4.79 Å². The van der Waals surface area contributed by atoms with Crippen LogP contribution in [0.25, 0.3) is 0 Å². The van der Waals surface area contributed by atoms with Gasteiger partial charge in [0.15, 0.2) is 0 Å². The average molecular weight is 278 g/mol. The summed E-state index contributed by atoms with van der Waals surface area (Å²) in [5.74, 6) is 0.642. The Morgan fingerprint density at radius 2 is 2.17 bits per heavy atom. The molecule has 0 amide bonds. The molecular formula is C14H12ClNOS. The highest BCUT2D eigenvalue weighted by molar-refractivity contribution is 8.00. The maximum atomic E-state index is 11.8. The van der Waals surface area contributed by atoms with Crippen LogP contribution in [0.3, 0.4) is 0 Å². The van der Waals surface area contributed by atoms with E-state index in [0.29, 0.717) is 17.2 Å². The summed E-state index contributed by atoms with van der Waals surface area (Å²) in [6, 6.07) is 11.3. The van der Waals surface area contributed by atoms with Crippen LogP contribution in [-0.2, 0) is 11.2 Å². The fraction of sp³-hybridized carbons (Fsp3) is 0.143. The van der Waals surface area contributed by atoms with Crippen molar-refractivity contribution in [2.24, 2.45) is 0 Å². The van der Waals surface area contributed by atoms with Gasteiger partial charge in [0, 0.05) is 28.7 Å². The number of Topliss-reactive ketones (excluding diaryl/α,β-unsaturated/α-hetero) is 1. The summed E-state index contributed by atoms with van der Waals surface area (Å²) < 4.78 is 0. The first-order valence-corrected chi connectivity index (χ1v) is 6.89. The fourth-order valence-electron chi connectivity index (χ4n) is 1.50. The second kappa shape index (κ2) is 6.57.